The predicted molar refractivity (Wildman–Crippen MR) is 66.4 cm³/mol. The molecule has 0 aliphatic heterocycles. The molecule has 1 unspecified atom stereocenters. The van der Waals surface area contributed by atoms with E-state index >= 15 is 0 Å². The van der Waals surface area contributed by atoms with Crippen LogP contribution in [0.25, 0.3) is 11.6 Å². The van der Waals surface area contributed by atoms with Crippen molar-refractivity contribution in [2.24, 2.45) is 5.73 Å². The second kappa shape index (κ2) is 4.58. The van der Waals surface area contributed by atoms with Crippen LogP contribution in [-0.4, -0.2) is 6.04 Å². The van der Waals surface area contributed by atoms with Crippen LogP contribution in [0.15, 0.2) is 19.2 Å². The fraction of sp³-hybridized carbons (Fsp3) is 0.333. The normalized spacial score (nSPS) is 12.5. The first-order valence-electron chi connectivity index (χ1n) is 4.77. The molecule has 1 heterocycles. The van der Waals surface area contributed by atoms with E-state index in [-0.39, 0.29) is 6.04 Å². The minimum absolute atomic E-state index is 0.0741. The number of hydrogen-bond donors (Lipinski definition) is 1. The summed E-state index contributed by atoms with van der Waals surface area (Å²) in [5.41, 5.74) is 8.24. The Morgan fingerprint density at radius 1 is 1.71 bits per heavy atom. The number of thiophene rings is 1. The van der Waals surface area contributed by atoms with Crippen molar-refractivity contribution in [1.82, 2.24) is 0 Å². The molecule has 0 amide bonds. The highest BCUT2D eigenvalue weighted by molar-refractivity contribution is 7.14. The molecule has 1 aromatic rings. The van der Waals surface area contributed by atoms with Crippen molar-refractivity contribution in [3.8, 4) is 0 Å². The van der Waals surface area contributed by atoms with Crippen molar-refractivity contribution in [2.75, 3.05) is 0 Å². The lowest BCUT2D eigenvalue weighted by Gasteiger charge is -2.11. The molecule has 2 N–H and O–H groups in total. The summed E-state index contributed by atoms with van der Waals surface area (Å²) >= 11 is 1.71. The largest absolute Gasteiger partial charge is 0.324 e. The zero-order chi connectivity index (χ0) is 10.7. The van der Waals surface area contributed by atoms with Gasteiger partial charge in [0.1, 0.15) is 0 Å². The smallest absolute Gasteiger partial charge is 0.0347 e. The Balaban J connectivity index is 3.00. The number of rotatable bonds is 4. The van der Waals surface area contributed by atoms with E-state index in [1.54, 1.807) is 11.3 Å². The minimum atomic E-state index is 0.0741. The molecule has 0 saturated carbocycles. The van der Waals surface area contributed by atoms with E-state index in [1.807, 2.05) is 6.08 Å². The van der Waals surface area contributed by atoms with Crippen molar-refractivity contribution in [1.29, 1.82) is 0 Å². The molecule has 0 fully saturated rings. The molecule has 0 radical (unpaired) electrons. The summed E-state index contributed by atoms with van der Waals surface area (Å²) in [7, 11) is 0. The molecular formula is C12H17NS. The van der Waals surface area contributed by atoms with E-state index in [4.69, 9.17) is 5.73 Å². The Labute approximate surface area is 90.0 Å². The lowest BCUT2D eigenvalue weighted by molar-refractivity contribution is 0.802. The highest BCUT2D eigenvalue weighted by Crippen LogP contribution is 2.30. The van der Waals surface area contributed by atoms with Crippen LogP contribution in [0.2, 0.25) is 0 Å². The van der Waals surface area contributed by atoms with Gasteiger partial charge in [0.25, 0.3) is 0 Å². The van der Waals surface area contributed by atoms with Gasteiger partial charge in [-0.2, -0.15) is 0 Å². The molecule has 0 aromatic carbocycles. The first kappa shape index (κ1) is 11.2. The summed E-state index contributed by atoms with van der Waals surface area (Å²) in [4.78, 5) is 2.40. The fourth-order valence-corrected chi connectivity index (χ4v) is 2.40. The molecule has 1 atom stereocenters. The molecule has 0 spiro atoms. The third-order valence-corrected chi connectivity index (χ3v) is 3.63. The SMILES string of the molecule is C=Cc1cc(C)c(C(=C)C(N)CC)s1. The summed E-state index contributed by atoms with van der Waals surface area (Å²) in [5, 5.41) is 0. The molecular weight excluding hydrogens is 190 g/mol. The van der Waals surface area contributed by atoms with Crippen LogP contribution >= 0.6 is 11.3 Å². The Bertz CT molecular complexity index is 349. The topological polar surface area (TPSA) is 26.0 Å². The summed E-state index contributed by atoms with van der Waals surface area (Å²) in [5.74, 6) is 0. The van der Waals surface area contributed by atoms with E-state index in [0.29, 0.717) is 0 Å². The van der Waals surface area contributed by atoms with Crippen molar-refractivity contribution < 1.29 is 0 Å². The van der Waals surface area contributed by atoms with Crippen LogP contribution < -0.4 is 5.73 Å². The standard InChI is InChI=1S/C12H17NS/c1-5-10-7-8(3)12(14-10)9(4)11(13)6-2/h5,7,11H,1,4,6,13H2,2-3H3. The third kappa shape index (κ3) is 2.14. The summed E-state index contributed by atoms with van der Waals surface area (Å²) in [6.45, 7) is 12.0. The van der Waals surface area contributed by atoms with Crippen LogP contribution in [0.1, 0.15) is 28.7 Å². The van der Waals surface area contributed by atoms with E-state index in [0.717, 1.165) is 12.0 Å². The zero-order valence-electron chi connectivity index (χ0n) is 8.84. The van der Waals surface area contributed by atoms with Crippen LogP contribution in [0.5, 0.6) is 0 Å². The van der Waals surface area contributed by atoms with Gasteiger partial charge in [0, 0.05) is 15.8 Å². The molecule has 0 aliphatic carbocycles. The maximum Gasteiger partial charge on any atom is 0.0347 e. The van der Waals surface area contributed by atoms with Gasteiger partial charge in [-0.15, -0.1) is 11.3 Å². The third-order valence-electron chi connectivity index (χ3n) is 2.32. The van der Waals surface area contributed by atoms with E-state index in [9.17, 15) is 0 Å². The molecule has 76 valence electrons. The monoisotopic (exact) mass is 207 g/mol. The summed E-state index contributed by atoms with van der Waals surface area (Å²) in [6.07, 6.45) is 2.80. The molecule has 1 nitrogen and oxygen atoms in total. The number of hydrogen-bond acceptors (Lipinski definition) is 2. The van der Waals surface area contributed by atoms with Gasteiger partial charge in [-0.3, -0.25) is 0 Å². The van der Waals surface area contributed by atoms with Gasteiger partial charge in [-0.25, -0.2) is 0 Å². The summed E-state index contributed by atoms with van der Waals surface area (Å²) < 4.78 is 0. The molecule has 2 heteroatoms. The predicted octanol–water partition coefficient (Wildman–Crippen LogP) is 3.45. The van der Waals surface area contributed by atoms with Gasteiger partial charge in [-0.1, -0.05) is 26.2 Å². The van der Waals surface area contributed by atoms with Crippen molar-refractivity contribution in [3.05, 3.63) is 34.5 Å². The molecule has 0 bridgehead atoms. The Morgan fingerprint density at radius 2 is 2.36 bits per heavy atom. The molecule has 0 aliphatic rings. The van der Waals surface area contributed by atoms with Crippen LogP contribution in [0, 0.1) is 6.92 Å². The van der Waals surface area contributed by atoms with Gasteiger partial charge < -0.3 is 5.73 Å². The molecule has 0 saturated heterocycles. The van der Waals surface area contributed by atoms with Gasteiger partial charge >= 0.3 is 0 Å². The fourth-order valence-electron chi connectivity index (χ4n) is 1.34. The van der Waals surface area contributed by atoms with Crippen molar-refractivity contribution >= 4 is 23.0 Å². The number of aryl methyl sites for hydroxylation is 1. The van der Waals surface area contributed by atoms with Gasteiger partial charge in [0.05, 0.1) is 0 Å². The van der Waals surface area contributed by atoms with Gasteiger partial charge in [-0.05, 0) is 30.5 Å². The first-order chi connectivity index (χ1) is 6.60. The molecule has 1 aromatic heterocycles. The van der Waals surface area contributed by atoms with Crippen molar-refractivity contribution in [3.63, 3.8) is 0 Å². The Hall–Kier alpha value is -0.860. The molecule has 14 heavy (non-hydrogen) atoms. The second-order valence-corrected chi connectivity index (χ2v) is 4.49. The van der Waals surface area contributed by atoms with Gasteiger partial charge in [0.15, 0.2) is 0 Å². The second-order valence-electron chi connectivity index (χ2n) is 3.41. The summed E-state index contributed by atoms with van der Waals surface area (Å²) in [6, 6.07) is 2.20. The van der Waals surface area contributed by atoms with E-state index < -0.39 is 0 Å². The Kier molecular flexibility index (Phi) is 3.67. The van der Waals surface area contributed by atoms with Crippen LogP contribution in [-0.2, 0) is 0 Å². The molecule has 1 rings (SSSR count). The Morgan fingerprint density at radius 3 is 2.79 bits per heavy atom. The van der Waals surface area contributed by atoms with Crippen LogP contribution in [0.4, 0.5) is 0 Å². The van der Waals surface area contributed by atoms with Gasteiger partial charge in [0.2, 0.25) is 0 Å². The zero-order valence-corrected chi connectivity index (χ0v) is 9.66. The van der Waals surface area contributed by atoms with Crippen LogP contribution in [0.3, 0.4) is 0 Å². The quantitative estimate of drug-likeness (QED) is 0.804. The van der Waals surface area contributed by atoms with Crippen molar-refractivity contribution in [2.45, 2.75) is 26.3 Å². The minimum Gasteiger partial charge on any atom is -0.324 e. The lowest BCUT2D eigenvalue weighted by Crippen LogP contribution is -2.19. The highest BCUT2D eigenvalue weighted by atomic mass is 32.1. The highest BCUT2D eigenvalue weighted by Gasteiger charge is 2.12. The average Bonchev–Trinajstić information content (AvgIpc) is 2.57. The maximum absolute atomic E-state index is 5.95. The number of nitrogens with two attached hydrogens (primary N) is 1. The van der Waals surface area contributed by atoms with E-state index in [1.165, 1.54) is 15.3 Å². The average molecular weight is 207 g/mol. The van der Waals surface area contributed by atoms with E-state index in [2.05, 4.69) is 33.1 Å². The maximum atomic E-state index is 5.95. The lowest BCUT2D eigenvalue weighted by atomic mass is 10.0. The first-order valence-corrected chi connectivity index (χ1v) is 5.59.